The summed E-state index contributed by atoms with van der Waals surface area (Å²) in [5.41, 5.74) is 0.922. The van der Waals surface area contributed by atoms with E-state index in [0.717, 1.165) is 5.69 Å². The third-order valence-electron chi connectivity index (χ3n) is 3.21. The smallest absolute Gasteiger partial charge is 0.221 e. The maximum Gasteiger partial charge on any atom is 0.221 e. The van der Waals surface area contributed by atoms with E-state index in [-0.39, 0.29) is 29.9 Å². The van der Waals surface area contributed by atoms with Crippen molar-refractivity contribution in [2.24, 2.45) is 7.05 Å². The predicted octanol–water partition coefficient (Wildman–Crippen LogP) is -1.14. The van der Waals surface area contributed by atoms with E-state index in [0.29, 0.717) is 19.5 Å². The monoisotopic (exact) mass is 300 g/mol. The highest BCUT2D eigenvalue weighted by atomic mass is 32.2. The Bertz CT molecular complexity index is 567. The van der Waals surface area contributed by atoms with Crippen LogP contribution in [0, 0.1) is 0 Å². The first kappa shape index (κ1) is 15.0. The molecule has 1 fully saturated rings. The van der Waals surface area contributed by atoms with E-state index in [1.807, 2.05) is 19.3 Å². The predicted molar refractivity (Wildman–Crippen MR) is 75.0 cm³/mol. The third-order valence-corrected chi connectivity index (χ3v) is 4.94. The molecule has 8 heteroatoms. The number of sulfone groups is 1. The highest BCUT2D eigenvalue weighted by Crippen LogP contribution is 2.04. The molecule has 1 atom stereocenters. The maximum absolute atomic E-state index is 11.7. The molecule has 1 aliphatic heterocycles. The summed E-state index contributed by atoms with van der Waals surface area (Å²) in [5, 5.41) is 10.1. The summed E-state index contributed by atoms with van der Waals surface area (Å²) < 4.78 is 24.6. The molecule has 112 valence electrons. The number of aromatic nitrogens is 2. The van der Waals surface area contributed by atoms with Crippen molar-refractivity contribution in [2.45, 2.75) is 18.9 Å². The van der Waals surface area contributed by atoms with Gasteiger partial charge in [-0.05, 0) is 6.07 Å². The lowest BCUT2D eigenvalue weighted by Crippen LogP contribution is -2.47. The molecule has 1 amide bonds. The summed E-state index contributed by atoms with van der Waals surface area (Å²) in [7, 11) is -1.15. The number of carbonyl (C=O) groups is 1. The van der Waals surface area contributed by atoms with Crippen molar-refractivity contribution in [1.29, 1.82) is 0 Å². The first-order valence-corrected chi connectivity index (χ1v) is 8.46. The second kappa shape index (κ2) is 6.36. The number of hydrogen-bond donors (Lipinski definition) is 2. The van der Waals surface area contributed by atoms with Gasteiger partial charge in [0, 0.05) is 45.2 Å². The molecule has 1 aromatic heterocycles. The Morgan fingerprint density at radius 3 is 3.05 bits per heavy atom. The number of rotatable bonds is 5. The Hall–Kier alpha value is -1.41. The largest absolute Gasteiger partial charge is 0.356 e. The van der Waals surface area contributed by atoms with Gasteiger partial charge in [0.25, 0.3) is 0 Å². The zero-order chi connectivity index (χ0) is 14.6. The highest BCUT2D eigenvalue weighted by Gasteiger charge is 2.25. The Balaban J connectivity index is 1.70. The average Bonchev–Trinajstić information content (AvgIpc) is 2.73. The molecule has 1 aromatic rings. The second-order valence-electron chi connectivity index (χ2n) is 5.05. The summed E-state index contributed by atoms with van der Waals surface area (Å²) in [6, 6.07) is 1.63. The van der Waals surface area contributed by atoms with Gasteiger partial charge in [0.05, 0.1) is 17.2 Å². The Labute approximate surface area is 118 Å². The highest BCUT2D eigenvalue weighted by molar-refractivity contribution is 7.91. The lowest BCUT2D eigenvalue weighted by atomic mass is 10.2. The van der Waals surface area contributed by atoms with Crippen LogP contribution in [-0.4, -0.2) is 54.7 Å². The molecule has 0 saturated carbocycles. The van der Waals surface area contributed by atoms with Gasteiger partial charge in [0.2, 0.25) is 5.91 Å². The minimum absolute atomic E-state index is 0.0423. The van der Waals surface area contributed by atoms with Gasteiger partial charge < -0.3 is 10.6 Å². The molecule has 7 nitrogen and oxygen atoms in total. The molecule has 1 aliphatic rings. The lowest BCUT2D eigenvalue weighted by Gasteiger charge is -2.23. The van der Waals surface area contributed by atoms with Gasteiger partial charge in [-0.25, -0.2) is 8.42 Å². The molecule has 1 saturated heterocycles. The Morgan fingerprint density at radius 1 is 1.60 bits per heavy atom. The molecule has 20 heavy (non-hydrogen) atoms. The van der Waals surface area contributed by atoms with Crippen LogP contribution in [0.25, 0.3) is 0 Å². The fourth-order valence-corrected chi connectivity index (χ4v) is 3.67. The van der Waals surface area contributed by atoms with E-state index in [4.69, 9.17) is 0 Å². The Morgan fingerprint density at radius 2 is 2.40 bits per heavy atom. The standard InChI is InChI=1S/C12H20N4O3S/c1-16-6-3-10(15-16)2-4-14-12(17)8-11-9-20(18,19)7-5-13-11/h3,6,11,13H,2,4-5,7-9H2,1H3,(H,14,17). The van der Waals surface area contributed by atoms with Crippen LogP contribution in [0.3, 0.4) is 0 Å². The van der Waals surface area contributed by atoms with E-state index < -0.39 is 9.84 Å². The van der Waals surface area contributed by atoms with Crippen LogP contribution in [-0.2, 0) is 28.1 Å². The Kier molecular flexibility index (Phi) is 4.77. The fraction of sp³-hybridized carbons (Fsp3) is 0.667. The summed E-state index contributed by atoms with van der Waals surface area (Å²) in [5.74, 6) is 0.0707. The third kappa shape index (κ3) is 4.61. The lowest BCUT2D eigenvalue weighted by molar-refractivity contribution is -0.121. The quantitative estimate of drug-likeness (QED) is 0.717. The van der Waals surface area contributed by atoms with Gasteiger partial charge in [-0.2, -0.15) is 5.10 Å². The molecule has 2 heterocycles. The number of aryl methyl sites for hydroxylation is 1. The molecule has 0 bridgehead atoms. The number of nitrogens with one attached hydrogen (secondary N) is 2. The molecular formula is C12H20N4O3S. The van der Waals surface area contributed by atoms with Crippen LogP contribution < -0.4 is 10.6 Å². The normalized spacial score (nSPS) is 21.6. The van der Waals surface area contributed by atoms with Crippen LogP contribution >= 0.6 is 0 Å². The molecule has 0 aromatic carbocycles. The van der Waals surface area contributed by atoms with Crippen LogP contribution in [0.2, 0.25) is 0 Å². The van der Waals surface area contributed by atoms with E-state index in [2.05, 4.69) is 15.7 Å². The first-order chi connectivity index (χ1) is 9.44. The molecular weight excluding hydrogens is 280 g/mol. The zero-order valence-electron chi connectivity index (χ0n) is 11.5. The molecule has 0 radical (unpaired) electrons. The minimum Gasteiger partial charge on any atom is -0.356 e. The number of hydrogen-bond acceptors (Lipinski definition) is 5. The maximum atomic E-state index is 11.7. The topological polar surface area (TPSA) is 93.1 Å². The van der Waals surface area contributed by atoms with Crippen LogP contribution in [0.1, 0.15) is 12.1 Å². The van der Waals surface area contributed by atoms with Gasteiger partial charge in [-0.15, -0.1) is 0 Å². The number of nitrogens with zero attached hydrogens (tertiary/aromatic N) is 2. The summed E-state index contributed by atoms with van der Waals surface area (Å²) in [6.45, 7) is 0.934. The zero-order valence-corrected chi connectivity index (χ0v) is 12.3. The number of amides is 1. The van der Waals surface area contributed by atoms with Crippen molar-refractivity contribution < 1.29 is 13.2 Å². The van der Waals surface area contributed by atoms with Crippen molar-refractivity contribution in [3.05, 3.63) is 18.0 Å². The van der Waals surface area contributed by atoms with E-state index in [1.165, 1.54) is 0 Å². The molecule has 2 rings (SSSR count). The van der Waals surface area contributed by atoms with Gasteiger partial charge in [-0.1, -0.05) is 0 Å². The number of carbonyl (C=O) groups excluding carboxylic acids is 1. The minimum atomic E-state index is -2.99. The van der Waals surface area contributed by atoms with Crippen LogP contribution in [0.4, 0.5) is 0 Å². The second-order valence-corrected chi connectivity index (χ2v) is 7.28. The fourth-order valence-electron chi connectivity index (χ4n) is 2.22. The first-order valence-electron chi connectivity index (χ1n) is 6.64. The van der Waals surface area contributed by atoms with E-state index in [1.54, 1.807) is 4.68 Å². The van der Waals surface area contributed by atoms with Crippen LogP contribution in [0.15, 0.2) is 12.3 Å². The van der Waals surface area contributed by atoms with E-state index >= 15 is 0 Å². The SMILES string of the molecule is Cn1ccc(CCNC(=O)CC2CS(=O)(=O)CCN2)n1. The van der Waals surface area contributed by atoms with Crippen molar-refractivity contribution >= 4 is 15.7 Å². The van der Waals surface area contributed by atoms with Gasteiger partial charge in [0.1, 0.15) is 0 Å². The van der Waals surface area contributed by atoms with Crippen molar-refractivity contribution in [3.63, 3.8) is 0 Å². The molecule has 1 unspecified atom stereocenters. The van der Waals surface area contributed by atoms with E-state index in [9.17, 15) is 13.2 Å². The average molecular weight is 300 g/mol. The summed E-state index contributed by atoms with van der Waals surface area (Å²) in [6.07, 6.45) is 2.72. The molecule has 0 spiro atoms. The van der Waals surface area contributed by atoms with Gasteiger partial charge in [-0.3, -0.25) is 9.48 Å². The van der Waals surface area contributed by atoms with Crippen LogP contribution in [0.5, 0.6) is 0 Å². The van der Waals surface area contributed by atoms with Crippen molar-refractivity contribution in [1.82, 2.24) is 20.4 Å². The van der Waals surface area contributed by atoms with Gasteiger partial charge >= 0.3 is 0 Å². The molecule has 0 aliphatic carbocycles. The molecule has 2 N–H and O–H groups in total. The van der Waals surface area contributed by atoms with Gasteiger partial charge in [0.15, 0.2) is 9.84 Å². The summed E-state index contributed by atoms with van der Waals surface area (Å²) in [4.78, 5) is 11.7. The van der Waals surface area contributed by atoms with Crippen molar-refractivity contribution in [3.8, 4) is 0 Å². The van der Waals surface area contributed by atoms with Crippen molar-refractivity contribution in [2.75, 3.05) is 24.6 Å². The summed E-state index contributed by atoms with van der Waals surface area (Å²) >= 11 is 0.